The normalized spacial score (nSPS) is 16.1. The monoisotopic (exact) mass is 520 g/mol. The van der Waals surface area contributed by atoms with Gasteiger partial charge in [0.1, 0.15) is 23.4 Å². The molecule has 0 fully saturated rings. The predicted octanol–water partition coefficient (Wildman–Crippen LogP) is 5.39. The summed E-state index contributed by atoms with van der Waals surface area (Å²) in [5, 5.41) is -0.237. The zero-order chi connectivity index (χ0) is 25.6. The molecule has 7 nitrogen and oxygen atoms in total. The number of rotatable bonds is 11. The van der Waals surface area contributed by atoms with Gasteiger partial charge in [-0.3, -0.25) is 4.79 Å². The Morgan fingerprint density at radius 3 is 2.54 bits per heavy atom. The average molecular weight is 521 g/mol. The van der Waals surface area contributed by atoms with Gasteiger partial charge in [0, 0.05) is 24.6 Å². The van der Waals surface area contributed by atoms with Crippen LogP contribution in [0.25, 0.3) is 0 Å². The molecule has 2 aliphatic heterocycles. The van der Waals surface area contributed by atoms with Gasteiger partial charge in [-0.15, -0.1) is 11.8 Å². The molecule has 0 N–H and O–H groups in total. The van der Waals surface area contributed by atoms with E-state index in [2.05, 4.69) is 18.0 Å². The first-order chi connectivity index (χ1) is 18.1. The Balaban J connectivity index is 0.994. The molecular weight excluding hydrogens is 488 g/mol. The van der Waals surface area contributed by atoms with Gasteiger partial charge in [-0.2, -0.15) is 0 Å². The molecule has 1 atom stereocenters. The summed E-state index contributed by atoms with van der Waals surface area (Å²) in [7, 11) is 3.94. The van der Waals surface area contributed by atoms with Crippen molar-refractivity contribution in [3.05, 3.63) is 72.3 Å². The van der Waals surface area contributed by atoms with E-state index in [1.807, 2.05) is 67.7 Å². The van der Waals surface area contributed by atoms with Gasteiger partial charge in [-0.25, -0.2) is 0 Å². The third-order valence-electron chi connectivity index (χ3n) is 6.50. The molecule has 0 saturated carbocycles. The van der Waals surface area contributed by atoms with E-state index in [0.717, 1.165) is 65.1 Å². The van der Waals surface area contributed by atoms with Crippen molar-refractivity contribution < 1.29 is 23.7 Å². The first kappa shape index (κ1) is 25.3. The second-order valence-corrected chi connectivity index (χ2v) is 10.3. The molecule has 8 heteroatoms. The van der Waals surface area contributed by atoms with Gasteiger partial charge in [0.15, 0.2) is 11.5 Å². The highest BCUT2D eigenvalue weighted by atomic mass is 32.2. The Labute approximate surface area is 222 Å². The zero-order valence-corrected chi connectivity index (χ0v) is 22.0. The number of nitrogens with zero attached hydrogens (tertiary/aromatic N) is 2. The minimum absolute atomic E-state index is 0.0998. The molecule has 0 spiro atoms. The van der Waals surface area contributed by atoms with Crippen LogP contribution in [0.5, 0.6) is 23.0 Å². The highest BCUT2D eigenvalue weighted by molar-refractivity contribution is 8.00. The fourth-order valence-electron chi connectivity index (χ4n) is 4.33. The predicted molar refractivity (Wildman–Crippen MR) is 145 cm³/mol. The standard InChI is InChI=1S/C29H32N2O5S/c1-30(16-18-34-23-13-14-25-26(19-23)36-20-35-25)15-5-6-17-33-22-11-9-21(10-12-22)28-29(32)31(2)24-7-3-4-8-27(24)37-28/h3-4,7-14,19,28H,5-6,15-18,20H2,1-2H3. The molecular formula is C29H32N2O5S. The molecule has 0 bridgehead atoms. The fourth-order valence-corrected chi connectivity index (χ4v) is 5.62. The van der Waals surface area contributed by atoms with Crippen molar-refractivity contribution in [2.75, 3.05) is 52.1 Å². The Hall–Kier alpha value is -3.36. The molecule has 194 valence electrons. The molecule has 5 rings (SSSR count). The van der Waals surface area contributed by atoms with E-state index in [1.54, 1.807) is 16.7 Å². The van der Waals surface area contributed by atoms with Crippen molar-refractivity contribution >= 4 is 23.4 Å². The number of carbonyl (C=O) groups is 1. The van der Waals surface area contributed by atoms with Gasteiger partial charge in [0.2, 0.25) is 12.7 Å². The summed E-state index contributed by atoms with van der Waals surface area (Å²) in [6.45, 7) is 3.36. The van der Waals surface area contributed by atoms with Gasteiger partial charge in [-0.1, -0.05) is 24.3 Å². The van der Waals surface area contributed by atoms with Crippen molar-refractivity contribution in [1.29, 1.82) is 0 Å². The van der Waals surface area contributed by atoms with E-state index < -0.39 is 0 Å². The number of amides is 1. The van der Waals surface area contributed by atoms with Gasteiger partial charge >= 0.3 is 0 Å². The van der Waals surface area contributed by atoms with Crippen LogP contribution in [0, 0.1) is 0 Å². The van der Waals surface area contributed by atoms with Crippen molar-refractivity contribution in [3.63, 3.8) is 0 Å². The van der Waals surface area contributed by atoms with Crippen molar-refractivity contribution in [3.8, 4) is 23.0 Å². The molecule has 2 heterocycles. The Kier molecular flexibility index (Phi) is 8.06. The van der Waals surface area contributed by atoms with E-state index in [-0.39, 0.29) is 18.0 Å². The second-order valence-electron chi connectivity index (χ2n) is 9.15. The van der Waals surface area contributed by atoms with Crippen LogP contribution in [0.3, 0.4) is 0 Å². The summed E-state index contributed by atoms with van der Waals surface area (Å²) in [5.41, 5.74) is 1.96. The topological polar surface area (TPSA) is 60.5 Å². The van der Waals surface area contributed by atoms with Crippen LogP contribution in [0.1, 0.15) is 23.7 Å². The Morgan fingerprint density at radius 2 is 1.68 bits per heavy atom. The maximum atomic E-state index is 12.9. The molecule has 0 aromatic heterocycles. The molecule has 1 unspecified atom stereocenters. The fraction of sp³-hybridized carbons (Fsp3) is 0.345. The van der Waals surface area contributed by atoms with E-state index in [0.29, 0.717) is 13.2 Å². The average Bonchev–Trinajstić information content (AvgIpc) is 3.39. The number of anilines is 1. The van der Waals surface area contributed by atoms with E-state index in [4.69, 9.17) is 18.9 Å². The van der Waals surface area contributed by atoms with E-state index in [1.165, 1.54) is 0 Å². The highest BCUT2D eigenvalue weighted by Gasteiger charge is 2.32. The number of ether oxygens (including phenoxy) is 4. The lowest BCUT2D eigenvalue weighted by molar-refractivity contribution is -0.118. The maximum absolute atomic E-state index is 12.9. The molecule has 0 saturated heterocycles. The van der Waals surface area contributed by atoms with Crippen LogP contribution >= 0.6 is 11.8 Å². The lowest BCUT2D eigenvalue weighted by atomic mass is 10.1. The number of fused-ring (bicyclic) bond motifs is 2. The molecule has 0 radical (unpaired) electrons. The summed E-state index contributed by atoms with van der Waals surface area (Å²) in [5.74, 6) is 3.22. The van der Waals surface area contributed by atoms with Gasteiger partial charge < -0.3 is 28.7 Å². The van der Waals surface area contributed by atoms with Crippen LogP contribution < -0.4 is 23.8 Å². The number of carbonyl (C=O) groups excluding carboxylic acids is 1. The third kappa shape index (κ3) is 6.14. The molecule has 3 aromatic carbocycles. The van der Waals surface area contributed by atoms with E-state index >= 15 is 0 Å². The quantitative estimate of drug-likeness (QED) is 0.314. The second kappa shape index (κ2) is 11.8. The maximum Gasteiger partial charge on any atom is 0.244 e. The summed E-state index contributed by atoms with van der Waals surface area (Å²) in [6.07, 6.45) is 2.01. The number of thioether (sulfide) groups is 1. The summed E-state index contributed by atoms with van der Waals surface area (Å²) >= 11 is 1.61. The largest absolute Gasteiger partial charge is 0.494 e. The summed E-state index contributed by atoms with van der Waals surface area (Å²) in [6, 6.07) is 21.6. The number of hydrogen-bond acceptors (Lipinski definition) is 7. The van der Waals surface area contributed by atoms with Crippen molar-refractivity contribution in [1.82, 2.24) is 4.90 Å². The Bertz CT molecular complexity index is 1220. The summed E-state index contributed by atoms with van der Waals surface area (Å²) < 4.78 is 22.5. The van der Waals surface area contributed by atoms with E-state index in [9.17, 15) is 4.79 Å². The lowest BCUT2D eigenvalue weighted by Crippen LogP contribution is -2.33. The van der Waals surface area contributed by atoms with Crippen LogP contribution in [-0.2, 0) is 4.79 Å². The lowest BCUT2D eigenvalue weighted by Gasteiger charge is -2.31. The van der Waals surface area contributed by atoms with Gasteiger partial charge in [0.25, 0.3) is 0 Å². The molecule has 0 aliphatic carbocycles. The smallest absolute Gasteiger partial charge is 0.244 e. The minimum atomic E-state index is -0.237. The molecule has 3 aromatic rings. The van der Waals surface area contributed by atoms with Gasteiger partial charge in [-0.05, 0) is 68.4 Å². The first-order valence-corrected chi connectivity index (χ1v) is 13.4. The first-order valence-electron chi connectivity index (χ1n) is 12.6. The molecule has 1 amide bonds. The number of unbranched alkanes of at least 4 members (excludes halogenated alkanes) is 1. The van der Waals surface area contributed by atoms with Crippen LogP contribution in [0.15, 0.2) is 71.6 Å². The minimum Gasteiger partial charge on any atom is -0.494 e. The number of hydrogen-bond donors (Lipinski definition) is 0. The molecule has 2 aliphatic rings. The highest BCUT2D eigenvalue weighted by Crippen LogP contribution is 2.46. The number of para-hydroxylation sites is 1. The summed E-state index contributed by atoms with van der Waals surface area (Å²) in [4.78, 5) is 18.0. The number of benzene rings is 3. The van der Waals surface area contributed by atoms with Crippen LogP contribution in [-0.4, -0.2) is 58.0 Å². The van der Waals surface area contributed by atoms with Crippen molar-refractivity contribution in [2.45, 2.75) is 23.0 Å². The van der Waals surface area contributed by atoms with Crippen molar-refractivity contribution in [2.24, 2.45) is 0 Å². The van der Waals surface area contributed by atoms with Crippen LogP contribution in [0.2, 0.25) is 0 Å². The Morgan fingerprint density at radius 1 is 0.919 bits per heavy atom. The molecule has 37 heavy (non-hydrogen) atoms. The third-order valence-corrected chi connectivity index (χ3v) is 7.81. The van der Waals surface area contributed by atoms with Gasteiger partial charge in [0.05, 0.1) is 12.3 Å². The zero-order valence-electron chi connectivity index (χ0n) is 21.2. The number of likely N-dealkylation sites (N-methyl/N-ethyl adjacent to an activating group) is 2. The SMILES string of the molecule is CN(CCCCOc1ccc(C2Sc3ccccc3N(C)C2=O)cc1)CCOc1ccc2c(c1)OCO2. The van der Waals surface area contributed by atoms with Crippen LogP contribution in [0.4, 0.5) is 5.69 Å².